The van der Waals surface area contributed by atoms with Crippen LogP contribution < -0.4 is 10.6 Å². The first-order valence-corrected chi connectivity index (χ1v) is 9.78. The highest BCUT2D eigenvalue weighted by Crippen LogP contribution is 2.19. The van der Waals surface area contributed by atoms with E-state index in [1.165, 1.54) is 0 Å². The van der Waals surface area contributed by atoms with Gasteiger partial charge in [-0.2, -0.15) is 5.10 Å². The summed E-state index contributed by atoms with van der Waals surface area (Å²) in [6.45, 7) is 6.04. The predicted molar refractivity (Wildman–Crippen MR) is 115 cm³/mol. The largest absolute Gasteiger partial charge is 0.352 e. The van der Waals surface area contributed by atoms with Gasteiger partial charge in [-0.25, -0.2) is 4.68 Å². The van der Waals surface area contributed by atoms with E-state index in [0.717, 1.165) is 12.1 Å². The molecule has 7 nitrogen and oxygen atoms in total. The molecule has 0 spiro atoms. The Balaban J connectivity index is 1.75. The second-order valence-corrected chi connectivity index (χ2v) is 6.91. The molecule has 0 aliphatic heterocycles. The van der Waals surface area contributed by atoms with Crippen molar-refractivity contribution in [3.63, 3.8) is 0 Å². The van der Waals surface area contributed by atoms with Gasteiger partial charge in [0.05, 0.1) is 22.6 Å². The Morgan fingerprint density at radius 2 is 1.63 bits per heavy atom. The van der Waals surface area contributed by atoms with Crippen molar-refractivity contribution in [2.75, 3.05) is 11.9 Å². The quantitative estimate of drug-likeness (QED) is 0.466. The number of hydrogen-bond donors (Lipinski definition) is 2. The summed E-state index contributed by atoms with van der Waals surface area (Å²) >= 11 is 0. The van der Waals surface area contributed by atoms with E-state index in [-0.39, 0.29) is 11.5 Å². The summed E-state index contributed by atoms with van der Waals surface area (Å²) in [5.74, 6) is -1.58. The second-order valence-electron chi connectivity index (χ2n) is 6.91. The van der Waals surface area contributed by atoms with Gasteiger partial charge in [0, 0.05) is 17.8 Å². The number of ketones is 1. The van der Waals surface area contributed by atoms with Crippen LogP contribution in [-0.2, 0) is 4.79 Å². The molecule has 3 rings (SSSR count). The molecule has 0 radical (unpaired) electrons. The highest BCUT2D eigenvalue weighted by molar-refractivity contribution is 6.47. The Kier molecular flexibility index (Phi) is 6.41. The van der Waals surface area contributed by atoms with Gasteiger partial charge in [-0.05, 0) is 56.7 Å². The van der Waals surface area contributed by atoms with E-state index in [1.54, 1.807) is 42.8 Å². The fraction of sp³-hybridized carbons (Fsp3) is 0.217. The molecule has 0 fully saturated rings. The van der Waals surface area contributed by atoms with Crippen molar-refractivity contribution in [2.24, 2.45) is 0 Å². The Labute approximate surface area is 175 Å². The number of aryl methyl sites for hydroxylation is 1. The third kappa shape index (κ3) is 4.46. The lowest BCUT2D eigenvalue weighted by Crippen LogP contribution is -2.25. The van der Waals surface area contributed by atoms with Gasteiger partial charge in [0.1, 0.15) is 0 Å². The first-order valence-electron chi connectivity index (χ1n) is 9.78. The average molecular weight is 404 g/mol. The number of benzene rings is 2. The summed E-state index contributed by atoms with van der Waals surface area (Å²) in [5, 5.41) is 9.80. The lowest BCUT2D eigenvalue weighted by atomic mass is 10.1. The van der Waals surface area contributed by atoms with Gasteiger partial charge in [0.2, 0.25) is 0 Å². The molecule has 154 valence electrons. The highest BCUT2D eigenvalue weighted by atomic mass is 16.2. The molecule has 7 heteroatoms. The van der Waals surface area contributed by atoms with Gasteiger partial charge < -0.3 is 10.6 Å². The fourth-order valence-corrected chi connectivity index (χ4v) is 3.14. The molecule has 0 bridgehead atoms. The number of carbonyl (C=O) groups excluding carboxylic acids is 3. The molecule has 0 saturated carbocycles. The van der Waals surface area contributed by atoms with Crippen LogP contribution in [0.25, 0.3) is 5.69 Å². The summed E-state index contributed by atoms with van der Waals surface area (Å²) in [5.41, 5.74) is 3.11. The van der Waals surface area contributed by atoms with Crippen LogP contribution in [0.2, 0.25) is 0 Å². The fourth-order valence-electron chi connectivity index (χ4n) is 3.14. The zero-order chi connectivity index (χ0) is 21.7. The normalized spacial score (nSPS) is 10.5. The van der Waals surface area contributed by atoms with Crippen molar-refractivity contribution >= 4 is 23.3 Å². The second kappa shape index (κ2) is 9.17. The van der Waals surface area contributed by atoms with E-state index in [4.69, 9.17) is 0 Å². The van der Waals surface area contributed by atoms with Gasteiger partial charge in [0.15, 0.2) is 0 Å². The average Bonchev–Trinajstić information content (AvgIpc) is 3.06. The molecule has 2 N–H and O–H groups in total. The maximum atomic E-state index is 12.8. The smallest absolute Gasteiger partial charge is 0.296 e. The lowest BCUT2D eigenvalue weighted by Gasteiger charge is -2.07. The summed E-state index contributed by atoms with van der Waals surface area (Å²) < 4.78 is 1.65. The van der Waals surface area contributed by atoms with Crippen LogP contribution in [0.5, 0.6) is 0 Å². The lowest BCUT2D eigenvalue weighted by molar-refractivity contribution is -0.112. The minimum absolute atomic E-state index is 0.176. The number of aromatic nitrogens is 2. The van der Waals surface area contributed by atoms with Gasteiger partial charge in [-0.3, -0.25) is 14.4 Å². The molecule has 1 heterocycles. The molecule has 0 saturated heterocycles. The van der Waals surface area contributed by atoms with Crippen LogP contribution in [0, 0.1) is 13.8 Å². The van der Waals surface area contributed by atoms with Crippen LogP contribution >= 0.6 is 0 Å². The SMILES string of the molecule is CCCNC(=O)c1ccc(NC(=O)C(=O)c2c(C)nn(-c3ccccc3)c2C)cc1. The number of nitrogens with zero attached hydrogens (tertiary/aromatic N) is 2. The third-order valence-electron chi connectivity index (χ3n) is 4.67. The zero-order valence-electron chi connectivity index (χ0n) is 17.2. The zero-order valence-corrected chi connectivity index (χ0v) is 17.2. The molecular weight excluding hydrogens is 380 g/mol. The van der Waals surface area contributed by atoms with E-state index >= 15 is 0 Å². The molecule has 0 unspecified atom stereocenters. The van der Waals surface area contributed by atoms with Crippen molar-refractivity contribution < 1.29 is 14.4 Å². The van der Waals surface area contributed by atoms with Gasteiger partial charge >= 0.3 is 0 Å². The monoisotopic (exact) mass is 404 g/mol. The summed E-state index contributed by atoms with van der Waals surface area (Å²) in [6, 6.07) is 15.8. The van der Waals surface area contributed by atoms with E-state index in [2.05, 4.69) is 15.7 Å². The van der Waals surface area contributed by atoms with Crippen LogP contribution in [0.15, 0.2) is 54.6 Å². The molecule has 1 aromatic heterocycles. The summed E-state index contributed by atoms with van der Waals surface area (Å²) in [4.78, 5) is 37.3. The van der Waals surface area contributed by atoms with Crippen molar-refractivity contribution in [3.8, 4) is 5.69 Å². The van der Waals surface area contributed by atoms with Crippen molar-refractivity contribution in [3.05, 3.63) is 77.1 Å². The molecule has 2 aromatic carbocycles. The number of amides is 2. The number of anilines is 1. The molecular formula is C23H24N4O3. The Morgan fingerprint density at radius 1 is 0.967 bits per heavy atom. The van der Waals surface area contributed by atoms with Gasteiger partial charge in [0.25, 0.3) is 17.6 Å². The minimum atomic E-state index is -0.753. The number of para-hydroxylation sites is 1. The molecule has 0 atom stereocenters. The number of nitrogens with one attached hydrogen (secondary N) is 2. The number of rotatable bonds is 7. The Hall–Kier alpha value is -3.74. The predicted octanol–water partition coefficient (Wildman–Crippen LogP) is 3.45. The van der Waals surface area contributed by atoms with Crippen LogP contribution in [0.1, 0.15) is 45.4 Å². The van der Waals surface area contributed by atoms with Crippen molar-refractivity contribution in [2.45, 2.75) is 27.2 Å². The molecule has 0 aliphatic rings. The molecule has 2 amide bonds. The van der Waals surface area contributed by atoms with Crippen LogP contribution in [-0.4, -0.2) is 33.9 Å². The number of hydrogen-bond acceptors (Lipinski definition) is 4. The van der Waals surface area contributed by atoms with Gasteiger partial charge in [-0.15, -0.1) is 0 Å². The Bertz CT molecular complexity index is 1070. The van der Waals surface area contributed by atoms with Gasteiger partial charge in [-0.1, -0.05) is 25.1 Å². The van der Waals surface area contributed by atoms with Crippen molar-refractivity contribution in [1.29, 1.82) is 0 Å². The number of carbonyl (C=O) groups is 3. The summed E-state index contributed by atoms with van der Waals surface area (Å²) in [6.07, 6.45) is 0.849. The van der Waals surface area contributed by atoms with E-state index in [9.17, 15) is 14.4 Å². The number of Topliss-reactive ketones (excluding diaryl/α,β-unsaturated/α-hetero) is 1. The Morgan fingerprint density at radius 3 is 2.27 bits per heavy atom. The summed E-state index contributed by atoms with van der Waals surface area (Å²) in [7, 11) is 0. The molecule has 30 heavy (non-hydrogen) atoms. The molecule has 0 aliphatic carbocycles. The maximum absolute atomic E-state index is 12.8. The minimum Gasteiger partial charge on any atom is -0.352 e. The van der Waals surface area contributed by atoms with Crippen LogP contribution in [0.4, 0.5) is 5.69 Å². The van der Waals surface area contributed by atoms with E-state index < -0.39 is 11.7 Å². The van der Waals surface area contributed by atoms with E-state index in [0.29, 0.717) is 29.2 Å². The van der Waals surface area contributed by atoms with E-state index in [1.807, 2.05) is 37.3 Å². The highest BCUT2D eigenvalue weighted by Gasteiger charge is 2.25. The van der Waals surface area contributed by atoms with Crippen molar-refractivity contribution in [1.82, 2.24) is 15.1 Å². The topological polar surface area (TPSA) is 93.1 Å². The molecule has 3 aromatic rings. The first-order chi connectivity index (χ1) is 14.4. The maximum Gasteiger partial charge on any atom is 0.296 e. The first kappa shape index (κ1) is 21.0. The standard InChI is InChI=1S/C23H24N4O3/c1-4-14-24-22(29)17-10-12-18(13-11-17)25-23(30)21(28)20-15(2)26-27(16(20)3)19-8-6-5-7-9-19/h5-13H,4,14H2,1-3H3,(H,24,29)(H,25,30). The van der Waals surface area contributed by atoms with Crippen LogP contribution in [0.3, 0.4) is 0 Å². The third-order valence-corrected chi connectivity index (χ3v) is 4.67.